The average molecular weight is 398 g/mol. The highest BCUT2D eigenvalue weighted by Crippen LogP contribution is 2.18. The summed E-state index contributed by atoms with van der Waals surface area (Å²) in [5, 5.41) is 6.01. The van der Waals surface area contributed by atoms with Crippen molar-refractivity contribution in [3.63, 3.8) is 0 Å². The molecule has 0 saturated heterocycles. The summed E-state index contributed by atoms with van der Waals surface area (Å²) in [5.41, 5.74) is 2.62. The first-order valence-corrected chi connectivity index (χ1v) is 10.0. The van der Waals surface area contributed by atoms with Crippen LogP contribution in [0.5, 0.6) is 5.75 Å². The molecule has 6 heteroatoms. The lowest BCUT2D eigenvalue weighted by Crippen LogP contribution is -2.22. The summed E-state index contributed by atoms with van der Waals surface area (Å²) in [6.07, 6.45) is 3.22. The number of hydrogen-bond acceptors (Lipinski definition) is 4. The van der Waals surface area contributed by atoms with Crippen molar-refractivity contribution >= 4 is 23.2 Å². The molecule has 2 amide bonds. The van der Waals surface area contributed by atoms with Gasteiger partial charge in [-0.1, -0.05) is 31.5 Å². The van der Waals surface area contributed by atoms with Gasteiger partial charge >= 0.3 is 0 Å². The lowest BCUT2D eigenvalue weighted by molar-refractivity contribution is -0.128. The summed E-state index contributed by atoms with van der Waals surface area (Å²) >= 11 is 0. The smallest absolute Gasteiger partial charge is 0.243 e. The van der Waals surface area contributed by atoms with Crippen LogP contribution in [0.3, 0.4) is 0 Å². The fourth-order valence-corrected chi connectivity index (χ4v) is 2.70. The zero-order chi connectivity index (χ0) is 21.1. The third kappa shape index (κ3) is 8.25. The number of nitrogens with zero attached hydrogens (tertiary/aromatic N) is 1. The van der Waals surface area contributed by atoms with Crippen molar-refractivity contribution in [2.24, 2.45) is 0 Å². The molecular weight excluding hydrogens is 366 g/mol. The molecule has 2 rings (SSSR count). The number of ether oxygens (including phenoxy) is 1. The molecule has 0 saturated carbocycles. The quantitative estimate of drug-likeness (QED) is 0.564. The summed E-state index contributed by atoms with van der Waals surface area (Å²) in [6, 6.07) is 15.2. The van der Waals surface area contributed by atoms with Crippen molar-refractivity contribution in [1.29, 1.82) is 0 Å². The van der Waals surface area contributed by atoms with Gasteiger partial charge in [0, 0.05) is 38.0 Å². The van der Waals surface area contributed by atoms with Gasteiger partial charge < -0.3 is 20.3 Å². The van der Waals surface area contributed by atoms with Crippen LogP contribution in [-0.2, 0) is 16.0 Å². The summed E-state index contributed by atoms with van der Waals surface area (Å²) < 4.78 is 5.67. The Morgan fingerprint density at radius 2 is 1.79 bits per heavy atom. The summed E-state index contributed by atoms with van der Waals surface area (Å²) in [4.78, 5) is 25.6. The Bertz CT molecular complexity index is 805. The zero-order valence-corrected chi connectivity index (χ0v) is 17.5. The van der Waals surface area contributed by atoms with Gasteiger partial charge in [0.25, 0.3) is 0 Å². The Morgan fingerprint density at radius 1 is 1.03 bits per heavy atom. The van der Waals surface area contributed by atoms with Crippen LogP contribution >= 0.6 is 0 Å². The third-order valence-electron chi connectivity index (χ3n) is 4.39. The molecule has 0 spiro atoms. The van der Waals surface area contributed by atoms with Crippen molar-refractivity contribution in [1.82, 2.24) is 4.90 Å². The first-order chi connectivity index (χ1) is 14.0. The number of nitrogens with one attached hydrogen (secondary N) is 2. The molecule has 2 aromatic carbocycles. The number of carbonyl (C=O) groups is 2. The van der Waals surface area contributed by atoms with E-state index < -0.39 is 0 Å². The summed E-state index contributed by atoms with van der Waals surface area (Å²) in [7, 11) is 3.51. The Balaban J connectivity index is 1.82. The number of amides is 2. The number of unbranched alkanes of at least 4 members (excludes halogenated alkanes) is 1. The molecule has 156 valence electrons. The van der Waals surface area contributed by atoms with Crippen LogP contribution in [-0.4, -0.2) is 44.0 Å². The van der Waals surface area contributed by atoms with Crippen molar-refractivity contribution in [3.05, 3.63) is 54.1 Å². The largest absolute Gasteiger partial charge is 0.494 e. The predicted octanol–water partition coefficient (Wildman–Crippen LogP) is 3.94. The van der Waals surface area contributed by atoms with E-state index in [-0.39, 0.29) is 18.4 Å². The third-order valence-corrected chi connectivity index (χ3v) is 4.39. The number of carbonyl (C=O) groups excluding carboxylic acids is 2. The summed E-state index contributed by atoms with van der Waals surface area (Å²) in [6.45, 7) is 2.94. The zero-order valence-electron chi connectivity index (χ0n) is 17.5. The summed E-state index contributed by atoms with van der Waals surface area (Å²) in [5.74, 6) is 0.719. The second-order valence-electron chi connectivity index (χ2n) is 7.12. The molecule has 0 aliphatic rings. The van der Waals surface area contributed by atoms with Crippen LogP contribution in [0.2, 0.25) is 0 Å². The SMILES string of the molecule is CCCCOc1cccc(NC(=O)CNc2cccc(CCC(=O)N(C)C)c2)c1. The molecular formula is C23H31N3O3. The Hall–Kier alpha value is -3.02. The molecule has 2 aromatic rings. The van der Waals surface area contributed by atoms with Gasteiger partial charge in [0.05, 0.1) is 13.2 Å². The van der Waals surface area contributed by atoms with Crippen molar-refractivity contribution in [2.75, 3.05) is 37.9 Å². The highest BCUT2D eigenvalue weighted by Gasteiger charge is 2.06. The topological polar surface area (TPSA) is 70.7 Å². The van der Waals surface area contributed by atoms with Crippen LogP contribution in [0, 0.1) is 0 Å². The maximum Gasteiger partial charge on any atom is 0.243 e. The fraction of sp³-hybridized carbons (Fsp3) is 0.391. The monoisotopic (exact) mass is 397 g/mol. The molecule has 0 unspecified atom stereocenters. The van der Waals surface area contributed by atoms with Crippen LogP contribution < -0.4 is 15.4 Å². The molecule has 0 aliphatic heterocycles. The van der Waals surface area contributed by atoms with Gasteiger partial charge in [-0.3, -0.25) is 9.59 Å². The van der Waals surface area contributed by atoms with E-state index in [4.69, 9.17) is 4.74 Å². The normalized spacial score (nSPS) is 10.3. The van der Waals surface area contributed by atoms with Crippen LogP contribution in [0.25, 0.3) is 0 Å². The molecule has 0 fully saturated rings. The molecule has 0 bridgehead atoms. The van der Waals surface area contributed by atoms with Crippen molar-refractivity contribution < 1.29 is 14.3 Å². The van der Waals surface area contributed by atoms with Crippen LogP contribution in [0.15, 0.2) is 48.5 Å². The Morgan fingerprint density at radius 3 is 2.55 bits per heavy atom. The molecule has 0 radical (unpaired) electrons. The number of benzene rings is 2. The van der Waals surface area contributed by atoms with E-state index in [1.807, 2.05) is 48.5 Å². The van der Waals surface area contributed by atoms with E-state index in [1.54, 1.807) is 19.0 Å². The predicted molar refractivity (Wildman–Crippen MR) is 117 cm³/mol. The van der Waals surface area contributed by atoms with Crippen molar-refractivity contribution in [2.45, 2.75) is 32.6 Å². The van der Waals surface area contributed by atoms with Crippen LogP contribution in [0.1, 0.15) is 31.7 Å². The molecule has 0 heterocycles. The van der Waals surface area contributed by atoms with Gasteiger partial charge in [-0.15, -0.1) is 0 Å². The number of anilines is 2. The Labute approximate surface area is 173 Å². The van der Waals surface area contributed by atoms with E-state index in [0.717, 1.165) is 29.8 Å². The van der Waals surface area contributed by atoms with Crippen LogP contribution in [0.4, 0.5) is 11.4 Å². The standard InChI is InChI=1S/C23H31N3O3/c1-4-5-14-29-21-11-7-10-20(16-21)25-22(27)17-24-19-9-6-8-18(15-19)12-13-23(28)26(2)3/h6-11,15-16,24H,4-5,12-14,17H2,1-3H3,(H,25,27). The van der Waals surface area contributed by atoms with Gasteiger partial charge in [0.1, 0.15) is 5.75 Å². The first kappa shape index (κ1) is 22.3. The molecule has 0 aliphatic carbocycles. The molecule has 2 N–H and O–H groups in total. The van der Waals surface area contributed by atoms with Gasteiger partial charge in [0.2, 0.25) is 11.8 Å². The lowest BCUT2D eigenvalue weighted by Gasteiger charge is -2.12. The number of aryl methyl sites for hydroxylation is 1. The van der Waals surface area contributed by atoms with Gasteiger partial charge in [0.15, 0.2) is 0 Å². The highest BCUT2D eigenvalue weighted by molar-refractivity contribution is 5.93. The van der Waals surface area contributed by atoms with E-state index in [2.05, 4.69) is 17.6 Å². The number of rotatable bonds is 11. The fourth-order valence-electron chi connectivity index (χ4n) is 2.70. The molecule has 6 nitrogen and oxygen atoms in total. The molecule has 0 atom stereocenters. The number of hydrogen-bond donors (Lipinski definition) is 2. The van der Waals surface area contributed by atoms with Gasteiger partial charge in [-0.2, -0.15) is 0 Å². The van der Waals surface area contributed by atoms with Crippen molar-refractivity contribution in [3.8, 4) is 5.75 Å². The van der Waals surface area contributed by atoms with E-state index in [9.17, 15) is 9.59 Å². The first-order valence-electron chi connectivity index (χ1n) is 10.0. The maximum atomic E-state index is 12.3. The minimum absolute atomic E-state index is 0.101. The molecule has 0 aromatic heterocycles. The Kier molecular flexibility index (Phi) is 9.02. The van der Waals surface area contributed by atoms with Gasteiger partial charge in [-0.05, 0) is 42.7 Å². The van der Waals surface area contributed by atoms with Gasteiger partial charge in [-0.25, -0.2) is 0 Å². The average Bonchev–Trinajstić information content (AvgIpc) is 2.71. The molecule has 29 heavy (non-hydrogen) atoms. The second kappa shape index (κ2) is 11.7. The van der Waals surface area contributed by atoms with E-state index in [0.29, 0.717) is 25.1 Å². The highest BCUT2D eigenvalue weighted by atomic mass is 16.5. The second-order valence-corrected chi connectivity index (χ2v) is 7.12. The van der Waals surface area contributed by atoms with E-state index in [1.165, 1.54) is 0 Å². The minimum Gasteiger partial charge on any atom is -0.494 e. The maximum absolute atomic E-state index is 12.3. The van der Waals surface area contributed by atoms with E-state index >= 15 is 0 Å². The lowest BCUT2D eigenvalue weighted by atomic mass is 10.1. The minimum atomic E-state index is -0.135.